The molecule has 74 heavy (non-hydrogen) atoms. The molecule has 4 aromatic carbocycles. The number of rotatable bonds is 18. The quantitative estimate of drug-likeness (QED) is 0.0403. The van der Waals surface area contributed by atoms with Gasteiger partial charge in [-0.15, -0.1) is 0 Å². The number of nitrogens with zero attached hydrogens (tertiary/aromatic N) is 2. The number of aliphatic hydroxyl groups excluding tert-OH is 2. The summed E-state index contributed by atoms with van der Waals surface area (Å²) in [5, 5.41) is 27.2. The van der Waals surface area contributed by atoms with Crippen molar-refractivity contribution < 1.29 is 56.0 Å². The van der Waals surface area contributed by atoms with Gasteiger partial charge in [0, 0.05) is 48.8 Å². The van der Waals surface area contributed by atoms with Crippen molar-refractivity contribution in [2.24, 2.45) is 0 Å². The van der Waals surface area contributed by atoms with Crippen LogP contribution in [0.3, 0.4) is 0 Å². The van der Waals surface area contributed by atoms with Gasteiger partial charge in [-0.25, -0.2) is 45.8 Å². The molecule has 2 aliphatic rings. The first-order chi connectivity index (χ1) is 35.4. The minimum Gasteiger partial charge on any atom is -0.482 e. The third-order valence-electron chi connectivity index (χ3n) is 12.5. The second kappa shape index (κ2) is 25.1. The van der Waals surface area contributed by atoms with Gasteiger partial charge in [0.25, 0.3) is 20.0 Å². The molecule has 0 spiro atoms. The normalized spacial score (nSPS) is 15.7. The molecule has 0 aliphatic heterocycles. The van der Waals surface area contributed by atoms with Crippen LogP contribution in [-0.2, 0) is 60.1 Å². The van der Waals surface area contributed by atoms with Crippen LogP contribution in [-0.4, -0.2) is 86.1 Å². The Bertz CT molecular complexity index is 3110. The summed E-state index contributed by atoms with van der Waals surface area (Å²) in [7, 11) is -7.80. The number of hydrogen-bond donors (Lipinski definition) is 5. The number of carboxylic acid groups (broad SMARTS) is 1. The highest BCUT2D eigenvalue weighted by Gasteiger charge is 2.29. The van der Waals surface area contributed by atoms with Gasteiger partial charge in [-0.05, 0) is 153 Å². The van der Waals surface area contributed by atoms with Gasteiger partial charge in [0.15, 0.2) is 23.3 Å². The smallest absolute Gasteiger partial charge is 0.344 e. The minimum absolute atomic E-state index is 0.0547. The van der Waals surface area contributed by atoms with Crippen molar-refractivity contribution in [2.45, 2.75) is 113 Å². The van der Waals surface area contributed by atoms with Gasteiger partial charge in [0.1, 0.15) is 17.1 Å². The Kier molecular flexibility index (Phi) is 18.7. The van der Waals surface area contributed by atoms with Gasteiger partial charge in [0.05, 0.1) is 0 Å². The van der Waals surface area contributed by atoms with Crippen LogP contribution in [0.15, 0.2) is 132 Å². The Labute approximate surface area is 433 Å². The fraction of sp³-hybridized carbons (Fsp3) is 0.357. The lowest BCUT2D eigenvalue weighted by Crippen LogP contribution is -2.30. The van der Waals surface area contributed by atoms with Crippen molar-refractivity contribution >= 4 is 32.0 Å². The van der Waals surface area contributed by atoms with Crippen LogP contribution in [0.25, 0.3) is 22.3 Å². The second-order valence-electron chi connectivity index (χ2n) is 19.2. The molecule has 8 rings (SSSR count). The SMILES string of the molecule is CC(C)(C)OC(=O)COc1cccc2c1CCCCC2NS(=O)(=O)c1ccc(-c2cccc(CCO)c2)cn1.O=C(O)COc1cccc2c1CCCCC2NS(=O)(=O)c1ccc(-c2cccc(CCO)c2)cn1. The topological polar surface area (TPSA) is 241 Å². The van der Waals surface area contributed by atoms with Crippen LogP contribution in [0.5, 0.6) is 11.5 Å². The first-order valence-electron chi connectivity index (χ1n) is 24.7. The number of hydrogen-bond acceptors (Lipinski definition) is 13. The van der Waals surface area contributed by atoms with E-state index in [2.05, 4.69) is 19.4 Å². The number of sulfonamides is 2. The predicted molar refractivity (Wildman–Crippen MR) is 280 cm³/mol. The van der Waals surface area contributed by atoms with E-state index in [-0.39, 0.29) is 29.9 Å². The summed E-state index contributed by atoms with van der Waals surface area (Å²) in [5.74, 6) is -0.485. The van der Waals surface area contributed by atoms with Crippen molar-refractivity contribution in [1.29, 1.82) is 0 Å². The Morgan fingerprint density at radius 2 is 1.04 bits per heavy atom. The van der Waals surface area contributed by atoms with Crippen molar-refractivity contribution in [1.82, 2.24) is 19.4 Å². The molecule has 18 heteroatoms. The number of benzene rings is 4. The van der Waals surface area contributed by atoms with Gasteiger partial charge >= 0.3 is 11.9 Å². The number of ether oxygens (including phenoxy) is 3. The van der Waals surface area contributed by atoms with E-state index in [1.54, 1.807) is 57.3 Å². The first-order valence-corrected chi connectivity index (χ1v) is 27.7. The number of carbonyl (C=O) groups is 2. The third kappa shape index (κ3) is 15.0. The lowest BCUT2D eigenvalue weighted by atomic mass is 9.99. The van der Waals surface area contributed by atoms with Crippen LogP contribution >= 0.6 is 0 Å². The van der Waals surface area contributed by atoms with Gasteiger partial charge in [-0.1, -0.05) is 85.6 Å². The number of aliphatic carboxylic acids is 1. The average molecular weight is 1050 g/mol. The highest BCUT2D eigenvalue weighted by Crippen LogP contribution is 2.37. The number of aliphatic hydroxyl groups is 2. The fourth-order valence-electron chi connectivity index (χ4n) is 9.11. The van der Waals surface area contributed by atoms with E-state index >= 15 is 0 Å². The molecule has 0 amide bonds. The number of pyridine rings is 2. The molecule has 16 nitrogen and oxygen atoms in total. The van der Waals surface area contributed by atoms with Crippen LogP contribution in [0, 0.1) is 0 Å². The first kappa shape index (κ1) is 55.2. The molecule has 0 saturated heterocycles. The Morgan fingerprint density at radius 1 is 0.595 bits per heavy atom. The summed E-state index contributed by atoms with van der Waals surface area (Å²) in [4.78, 5) is 31.6. The maximum absolute atomic E-state index is 13.3. The standard InChI is InChI=1S/C30H36N2O6S.C26H28N2O6S/c1-30(2,3)38-29(34)20-37-27-13-7-11-24-25(27)10-4-5-12-26(24)32-39(35,36)28-15-14-23(19-31-28)22-9-6-8-21(18-22)16-17-33;29-14-13-18-5-3-6-19(15-18)20-11-12-25(27-16-20)35(32,33)28-23-9-2-1-7-22-21(23)8-4-10-24(22)34-17-26(30)31/h6-9,11,13-15,18-19,26,32-33H,4-5,10,12,16-17,20H2,1-3H3;3-6,8,10-12,15-16,23,28-29H,1-2,7,9,13-14,17H2,(H,30,31). The highest BCUT2D eigenvalue weighted by molar-refractivity contribution is 7.89. The van der Waals surface area contributed by atoms with E-state index in [4.69, 9.17) is 24.4 Å². The molecule has 2 aromatic heterocycles. The van der Waals surface area contributed by atoms with Crippen molar-refractivity contribution in [2.75, 3.05) is 26.4 Å². The van der Waals surface area contributed by atoms with E-state index in [1.807, 2.05) is 66.7 Å². The monoisotopic (exact) mass is 1050 g/mol. The van der Waals surface area contributed by atoms with Crippen LogP contribution in [0.4, 0.5) is 0 Å². The van der Waals surface area contributed by atoms with Gasteiger partial charge in [0.2, 0.25) is 0 Å². The molecule has 2 atom stereocenters. The maximum Gasteiger partial charge on any atom is 0.344 e. The summed E-state index contributed by atoms with van der Waals surface area (Å²) in [6.07, 6.45) is 10.2. The third-order valence-corrected chi connectivity index (χ3v) is 15.3. The number of esters is 1. The summed E-state index contributed by atoms with van der Waals surface area (Å²) < 4.78 is 75.4. The van der Waals surface area contributed by atoms with E-state index in [0.717, 1.165) is 87.7 Å². The van der Waals surface area contributed by atoms with Crippen molar-refractivity contribution in [3.63, 3.8) is 0 Å². The van der Waals surface area contributed by atoms with Gasteiger partial charge < -0.3 is 29.5 Å². The molecular formula is C56H64N4O12S2. The molecule has 0 saturated carbocycles. The highest BCUT2D eigenvalue weighted by atomic mass is 32.2. The Balaban J connectivity index is 0.000000217. The molecular weight excluding hydrogens is 985 g/mol. The van der Waals surface area contributed by atoms with Crippen LogP contribution in [0.2, 0.25) is 0 Å². The van der Waals surface area contributed by atoms with Gasteiger partial charge in [-0.3, -0.25) is 0 Å². The number of fused-ring (bicyclic) bond motifs is 2. The lowest BCUT2D eigenvalue weighted by Gasteiger charge is -2.22. The average Bonchev–Trinajstić information content (AvgIpc) is 3.71. The van der Waals surface area contributed by atoms with Crippen LogP contribution in [0.1, 0.15) is 105 Å². The molecule has 0 fully saturated rings. The molecule has 2 heterocycles. The summed E-state index contributed by atoms with van der Waals surface area (Å²) >= 11 is 0. The molecule has 6 aromatic rings. The zero-order valence-corrected chi connectivity index (χ0v) is 43.5. The van der Waals surface area contributed by atoms with E-state index < -0.39 is 56.3 Å². The van der Waals surface area contributed by atoms with E-state index in [1.165, 1.54) is 18.3 Å². The summed E-state index contributed by atoms with van der Waals surface area (Å²) in [6.45, 7) is 4.85. The lowest BCUT2D eigenvalue weighted by molar-refractivity contribution is -0.157. The zero-order chi connectivity index (χ0) is 52.9. The van der Waals surface area contributed by atoms with Gasteiger partial charge in [-0.2, -0.15) is 0 Å². The summed E-state index contributed by atoms with van der Waals surface area (Å²) in [5.41, 5.74) is 8.13. The molecule has 2 unspecified atom stereocenters. The molecule has 2 aliphatic carbocycles. The maximum atomic E-state index is 13.3. The fourth-order valence-corrected chi connectivity index (χ4v) is 11.5. The Hall–Kier alpha value is -6.54. The number of carbonyl (C=O) groups excluding carboxylic acids is 1. The van der Waals surface area contributed by atoms with E-state index in [0.29, 0.717) is 43.6 Å². The molecule has 392 valence electrons. The molecule has 5 N–H and O–H groups in total. The largest absolute Gasteiger partial charge is 0.482 e. The zero-order valence-electron chi connectivity index (χ0n) is 41.8. The summed E-state index contributed by atoms with van der Waals surface area (Å²) in [6, 6.07) is 31.8. The number of carboxylic acids is 1. The minimum atomic E-state index is -3.90. The molecule has 0 radical (unpaired) electrons. The predicted octanol–water partition coefficient (Wildman–Crippen LogP) is 8.24. The second-order valence-corrected chi connectivity index (χ2v) is 22.5. The van der Waals surface area contributed by atoms with Crippen molar-refractivity contribution in [3.05, 3.63) is 155 Å². The number of aromatic nitrogens is 2. The molecule has 0 bridgehead atoms. The van der Waals surface area contributed by atoms with Crippen LogP contribution < -0.4 is 18.9 Å². The van der Waals surface area contributed by atoms with E-state index in [9.17, 15) is 31.5 Å². The van der Waals surface area contributed by atoms with Crippen molar-refractivity contribution in [3.8, 4) is 33.8 Å². The Morgan fingerprint density at radius 3 is 1.45 bits per heavy atom. The number of nitrogens with one attached hydrogen (secondary N) is 2.